The first-order valence-corrected chi connectivity index (χ1v) is 38.0. The van der Waals surface area contributed by atoms with Gasteiger partial charge < -0.3 is 39.2 Å². The van der Waals surface area contributed by atoms with Gasteiger partial charge >= 0.3 is 16.1 Å². The Hall–Kier alpha value is -15.5. The molecule has 6 aromatic rings. The van der Waals surface area contributed by atoms with Gasteiger partial charge in [-0.25, -0.2) is 14.8 Å². The van der Waals surface area contributed by atoms with Gasteiger partial charge in [0, 0.05) is 129 Å². The maximum Gasteiger partial charge on any atom is 0.314 e. The minimum Gasteiger partial charge on any atom is -0.504 e. The summed E-state index contributed by atoms with van der Waals surface area (Å²) >= 11 is 4.01. The molecular weight excluding hydrogens is 1690 g/mol. The minimum atomic E-state index is -1.61. The average molecular weight is 1770 g/mol. The van der Waals surface area contributed by atoms with Crippen LogP contribution in [-0.4, -0.2) is 144 Å². The van der Waals surface area contributed by atoms with Crippen LogP contribution in [0.1, 0.15) is 193 Å². The summed E-state index contributed by atoms with van der Waals surface area (Å²) in [6, 6.07) is 19.4. The predicted molar refractivity (Wildman–Crippen MR) is 428 cm³/mol. The molecule has 10 rings (SSSR count). The molecule has 6 amide bonds. The van der Waals surface area contributed by atoms with Crippen LogP contribution in [0.15, 0.2) is 85.9 Å². The molecule has 48 nitrogen and oxygen atoms in total. The fourth-order valence-corrected chi connectivity index (χ4v) is 10.5. The van der Waals surface area contributed by atoms with Crippen molar-refractivity contribution in [2.24, 2.45) is 39.9 Å². The van der Waals surface area contributed by atoms with E-state index >= 15 is 0 Å². The van der Waals surface area contributed by atoms with Gasteiger partial charge in [-0.2, -0.15) is 77.3 Å². The van der Waals surface area contributed by atoms with E-state index in [2.05, 4.69) is 104 Å². The van der Waals surface area contributed by atoms with Crippen molar-refractivity contribution in [2.75, 3.05) is 5.32 Å². The smallest absolute Gasteiger partial charge is 0.314 e. The molecule has 1 aliphatic carbocycles. The molecule has 124 heavy (non-hydrogen) atoms. The van der Waals surface area contributed by atoms with Gasteiger partial charge in [0.15, 0.2) is 41.0 Å². The van der Waals surface area contributed by atoms with Gasteiger partial charge in [0.25, 0.3) is 28.4 Å². The zero-order valence-electron chi connectivity index (χ0n) is 67.0. The van der Waals surface area contributed by atoms with Gasteiger partial charge in [-0.1, -0.05) is 104 Å². The van der Waals surface area contributed by atoms with Gasteiger partial charge in [0.05, 0.1) is 89.9 Å². The molecule has 1 fully saturated rings. The van der Waals surface area contributed by atoms with Crippen molar-refractivity contribution in [1.82, 2.24) is 83.0 Å². The Morgan fingerprint density at radius 2 is 1.15 bits per heavy atom. The summed E-state index contributed by atoms with van der Waals surface area (Å²) in [4.78, 5) is 129. The normalized spacial score (nSPS) is 15.8. The number of amidine groups is 1. The maximum absolute atomic E-state index is 11.3. The topological polar surface area (TPSA) is 808 Å². The second kappa shape index (κ2) is 58.4. The highest BCUT2D eigenvalue weighted by molar-refractivity contribution is 8.15. The van der Waals surface area contributed by atoms with Crippen LogP contribution in [0, 0.1) is 154 Å². The maximum atomic E-state index is 11.3. The lowest BCUT2D eigenvalue weighted by Gasteiger charge is -2.13. The number of carbonyl (C=O) groups is 8. The van der Waals surface area contributed by atoms with Crippen LogP contribution in [0.3, 0.4) is 0 Å². The number of thioether (sulfide) groups is 1. The molecule has 0 saturated carbocycles. The number of H-pyrrole nitrogens is 3. The predicted octanol–water partition coefficient (Wildman–Crippen LogP) is 5.89. The molecular formula is C73H84N28O20S3. The molecule has 1 aromatic carbocycles. The molecule has 12 atom stereocenters. The highest BCUT2D eigenvalue weighted by Gasteiger charge is 2.36. The molecule has 8 heterocycles. The summed E-state index contributed by atoms with van der Waals surface area (Å²) in [6.45, 7) is 17.5. The van der Waals surface area contributed by atoms with Gasteiger partial charge in [-0.3, -0.25) is 68.7 Å². The Bertz CT molecular complexity index is 5410. The van der Waals surface area contributed by atoms with Crippen LogP contribution in [-0.2, 0) is 55.7 Å². The fourth-order valence-electron chi connectivity index (χ4n) is 8.91. The van der Waals surface area contributed by atoms with Crippen molar-refractivity contribution in [3.05, 3.63) is 118 Å². The third-order valence-corrected chi connectivity index (χ3v) is 17.9. The average Bonchev–Trinajstić information content (AvgIpc) is 1.08. The molecule has 5 aromatic heterocycles. The van der Waals surface area contributed by atoms with Crippen LogP contribution in [0.4, 0.5) is 10.7 Å². The number of aliphatic hydroxyl groups excluding tert-OH is 2. The first kappa shape index (κ1) is 108. The van der Waals surface area contributed by atoms with E-state index in [9.17, 15) is 56.9 Å². The van der Waals surface area contributed by atoms with Crippen molar-refractivity contribution in [2.45, 2.75) is 176 Å². The molecule has 12 N–H and O–H groups in total. The highest BCUT2D eigenvalue weighted by atomic mass is 32.2. The standard InChI is InChI=1S/C10H9NO3.C9H9NO3.C8H8N2O3.C8H7NO3.C7H10N6O.C7H8N2O2S.C6H8N6O.C6H7N3OS.C6H7N3O.C5H7N3O2S.CH4/c1-6(2-3-11)8-4-7(12)5-9(13)10(8)14;1-6(2-3-10)7-4-13-5-8(11)9(7)12;1-4(2-3-9)5-6(11)8(13)10-7(5)12;1-4(2-3-9)5-6(10)8(12)7(5)11;1-5(2-3-8)7(14)9-4-6-10-12-13-11-6;1-4(2-3-8)5-6(10)9-7(11)12-5;1-4(2-3-7)5(13)8-6-9-11-12-10-6;1-4(2-3-7)5-8-6(11)10-9-5;1-5(2-3-7)6-8-4-9-10-6;1-4(2-3-6)5-7-10-11(9)8-5;/h4-6,13H,2H2,1H3;4-6,11H,2H2,1H3;4H,2H2,1H3,(H2,10,11,12,13);4,10H,2H2,1H3;5H,2,4H2,1H3,(H,9,14)(H,10,11,12,13);4-5H,2H2,1H3,(H,9,10,11);4H,2H2,1H3,(H2,8,9,10,11,12,13);4H,2H2,1H3,(H,8,9,11);4-5H,2H2,1H3;4H,2H2,1H3,(H,7,8);1H4/t2*6-;2*4-;5-;4-,5?;2*4-;5-;4-,11?;/m1111111111./s1. The number of hydrogen-bond acceptors (Lipinski definition) is 42. The first-order chi connectivity index (χ1) is 58.3. The van der Waals surface area contributed by atoms with Gasteiger partial charge in [-0.15, -0.1) is 19.7 Å². The molecule has 0 radical (unpaired) electrons. The number of nitrogens with one attached hydrogen (secondary N) is 8. The minimum absolute atomic E-state index is 0. The van der Waals surface area contributed by atoms with Crippen molar-refractivity contribution in [3.63, 3.8) is 0 Å². The molecule has 4 aliphatic rings. The number of aromatic nitrogens is 12. The number of amides is 6. The number of aromatic hydroxyl groups is 2. The lowest BCUT2D eigenvalue weighted by atomic mass is 9.90. The second-order valence-electron chi connectivity index (χ2n) is 25.8. The van der Waals surface area contributed by atoms with Crippen LogP contribution < -0.4 is 43.0 Å². The number of allylic oxidation sites excluding steroid dienone is 3. The Labute approximate surface area is 717 Å². The van der Waals surface area contributed by atoms with E-state index in [0.29, 0.717) is 54.6 Å². The number of ketones is 2. The summed E-state index contributed by atoms with van der Waals surface area (Å²) in [5.41, 5.74) is 1.08. The van der Waals surface area contributed by atoms with E-state index in [1.807, 2.05) is 79.9 Å². The van der Waals surface area contributed by atoms with Gasteiger partial charge in [0.2, 0.25) is 40.3 Å². The molecule has 2 unspecified atom stereocenters. The zero-order chi connectivity index (χ0) is 93.0. The molecule has 3 aliphatic heterocycles. The van der Waals surface area contributed by atoms with Crippen LogP contribution in [0.25, 0.3) is 0 Å². The number of anilines is 1. The SMILES string of the molecule is C.C[C@H](CC#N)C(=O)NCc1nn[nH]n1.C[C@H](CC#N)C(=O)Nc1nn[nH]n1.C[C@H](CC#N)C1=C(O)C(=O)NC1=O.C[C@H](CC#N)C1=CC(=O)C=C(O)C1=O.C[C@H](CC#N)C1=NS(=O)ON1.C[C@H](CC#N)C1SC(=O)NC1=O.C[C@H](CC#N)c1c(O)c(=O)c1=O.C[C@H](CC#N)c1cocc(O)c1=O.C[C@H](CC#N)c1nc(=S)o[nH]1.C[C@H](CC#N)c1ncno1. The number of aromatic amines is 3. The summed E-state index contributed by atoms with van der Waals surface area (Å²) < 4.78 is 32.7. The number of nitrogens with zero attached hydrogens (tertiary/aromatic N) is 20. The lowest BCUT2D eigenvalue weighted by Crippen LogP contribution is -2.35. The third-order valence-electron chi connectivity index (χ3n) is 15.9. The van der Waals surface area contributed by atoms with Crippen LogP contribution in [0.5, 0.6) is 11.5 Å². The summed E-state index contributed by atoms with van der Waals surface area (Å²) in [5.74, 6) is -4.93. The van der Waals surface area contributed by atoms with Crippen LogP contribution in [0.2, 0.25) is 0 Å². The highest BCUT2D eigenvalue weighted by Crippen LogP contribution is 2.28. The lowest BCUT2D eigenvalue weighted by molar-refractivity contribution is -0.126. The second-order valence-corrected chi connectivity index (χ2v) is 28.0. The van der Waals surface area contributed by atoms with E-state index < -0.39 is 79.9 Å². The number of Topliss-reactive ketones (excluding diaryl/α,β-unsaturated/α-hetero) is 1. The number of carbonyl (C=O) groups excluding carboxylic acids is 8. The van der Waals surface area contributed by atoms with E-state index in [1.54, 1.807) is 55.4 Å². The number of aliphatic hydroxyl groups is 2. The van der Waals surface area contributed by atoms with Gasteiger partial charge in [-0.05, 0) is 35.3 Å². The quantitative estimate of drug-likeness (QED) is 0.0154. The largest absolute Gasteiger partial charge is 0.504 e. The fraction of sp³-hybridized carbons (Fsp3) is 0.452. The van der Waals surface area contributed by atoms with E-state index in [4.69, 9.17) is 86.5 Å². The number of imide groups is 2. The summed E-state index contributed by atoms with van der Waals surface area (Å²) in [7, 11) is 0. The molecule has 51 heteroatoms. The summed E-state index contributed by atoms with van der Waals surface area (Å²) in [6.07, 6.45) is 8.10. The van der Waals surface area contributed by atoms with E-state index in [0.717, 1.165) is 24.1 Å². The Morgan fingerprint density at radius 3 is 1.64 bits per heavy atom. The number of hydroxylamine groups is 1. The van der Waals surface area contributed by atoms with Crippen LogP contribution >= 0.6 is 24.0 Å². The number of nitriles is 10. The third kappa shape index (κ3) is 38.0. The van der Waals surface area contributed by atoms with Crippen molar-refractivity contribution in [1.29, 1.82) is 52.6 Å². The molecule has 0 bridgehead atoms. The van der Waals surface area contributed by atoms with Gasteiger partial charge in [0.1, 0.15) is 17.9 Å². The monoisotopic (exact) mass is 1770 g/mol. The Morgan fingerprint density at radius 1 is 0.613 bits per heavy atom. The number of hydrogen-bond donors (Lipinski definition) is 12. The Kier molecular flexibility index (Phi) is 51.1. The number of rotatable bonds is 23. The van der Waals surface area contributed by atoms with Crippen molar-refractivity contribution >= 4 is 93.4 Å². The van der Waals surface area contributed by atoms with E-state index in [-0.39, 0.29) is 161 Å². The Balaban J connectivity index is 0.00000136. The molecule has 1 saturated heterocycles. The molecule has 654 valence electrons. The van der Waals surface area contributed by atoms with E-state index in [1.165, 1.54) is 18.7 Å². The van der Waals surface area contributed by atoms with Crippen molar-refractivity contribution in [3.8, 4) is 72.2 Å². The number of tetrazole rings is 2. The molecule has 0 spiro atoms. The van der Waals surface area contributed by atoms with Crippen molar-refractivity contribution < 1.29 is 80.7 Å². The zero-order valence-corrected chi connectivity index (χ0v) is 69.5. The first-order valence-electron chi connectivity index (χ1n) is 35.7. The summed E-state index contributed by atoms with van der Waals surface area (Å²) in [5, 5.41) is 160.